The maximum atomic E-state index is 12.6. The lowest BCUT2D eigenvalue weighted by Gasteiger charge is -2.24. The maximum Gasteiger partial charge on any atom is 0.334 e. The van der Waals surface area contributed by atoms with E-state index in [9.17, 15) is 19.2 Å². The van der Waals surface area contributed by atoms with Crippen molar-refractivity contribution in [1.82, 2.24) is 15.1 Å². The van der Waals surface area contributed by atoms with Gasteiger partial charge in [0.25, 0.3) is 0 Å². The van der Waals surface area contributed by atoms with Crippen molar-refractivity contribution in [2.75, 3.05) is 13.1 Å². The zero-order chi connectivity index (χ0) is 21.7. The summed E-state index contributed by atoms with van der Waals surface area (Å²) in [4.78, 5) is 50.8. The first-order chi connectivity index (χ1) is 13.7. The van der Waals surface area contributed by atoms with Crippen LogP contribution in [0.25, 0.3) is 0 Å². The maximum absolute atomic E-state index is 12.6. The van der Waals surface area contributed by atoms with Gasteiger partial charge in [-0.05, 0) is 29.4 Å². The molecular formula is C22H31N3O4. The summed E-state index contributed by atoms with van der Waals surface area (Å²) >= 11 is 0. The highest BCUT2D eigenvalue weighted by atomic mass is 16.2. The molecule has 2 rings (SSSR count). The molecule has 7 nitrogen and oxygen atoms in total. The lowest BCUT2D eigenvalue weighted by molar-refractivity contribution is -0.144. The van der Waals surface area contributed by atoms with E-state index in [1.54, 1.807) is 0 Å². The van der Waals surface area contributed by atoms with Crippen LogP contribution in [-0.2, 0) is 14.4 Å². The molecule has 0 spiro atoms. The van der Waals surface area contributed by atoms with Crippen LogP contribution in [-0.4, -0.2) is 46.6 Å². The number of nitrogens with zero attached hydrogens (tertiary/aromatic N) is 2. The first-order valence-electron chi connectivity index (χ1n) is 10.2. The van der Waals surface area contributed by atoms with E-state index in [4.69, 9.17) is 0 Å². The Bertz CT molecular complexity index is 771. The summed E-state index contributed by atoms with van der Waals surface area (Å²) in [6, 6.07) is 7.08. The molecule has 0 radical (unpaired) electrons. The molecule has 1 unspecified atom stereocenters. The second-order valence-electron chi connectivity index (χ2n) is 8.09. The standard InChI is InChI=1S/C22H31N3O4/c1-6-7-12-24-20(27)21(28)25(22(24)29)13-18(26)23-19(15(4)5)17-10-8-16(9-11-17)14(2)3/h8-11,14-15,19H,6-7,12-13H2,1-5H3,(H,23,26). The Morgan fingerprint density at radius 2 is 1.48 bits per heavy atom. The number of urea groups is 1. The summed E-state index contributed by atoms with van der Waals surface area (Å²) in [7, 11) is 0. The fourth-order valence-electron chi connectivity index (χ4n) is 3.29. The molecule has 0 aromatic heterocycles. The van der Waals surface area contributed by atoms with Gasteiger partial charge in [0, 0.05) is 6.54 Å². The third-order valence-corrected chi connectivity index (χ3v) is 5.12. The Kier molecular flexibility index (Phi) is 7.53. The van der Waals surface area contributed by atoms with Crippen molar-refractivity contribution in [2.45, 2.75) is 59.4 Å². The third-order valence-electron chi connectivity index (χ3n) is 5.12. The van der Waals surface area contributed by atoms with E-state index in [0.29, 0.717) is 12.3 Å². The van der Waals surface area contributed by atoms with E-state index in [0.717, 1.165) is 21.8 Å². The second kappa shape index (κ2) is 9.67. The average Bonchev–Trinajstić information content (AvgIpc) is 2.87. The van der Waals surface area contributed by atoms with Crippen LogP contribution in [0.1, 0.15) is 70.5 Å². The molecule has 1 fully saturated rings. The van der Waals surface area contributed by atoms with Crippen molar-refractivity contribution in [1.29, 1.82) is 0 Å². The molecule has 5 amide bonds. The quantitative estimate of drug-likeness (QED) is 0.508. The number of carbonyl (C=O) groups excluding carboxylic acids is 4. The lowest BCUT2D eigenvalue weighted by atomic mass is 9.93. The molecular weight excluding hydrogens is 370 g/mol. The number of nitrogens with one attached hydrogen (secondary N) is 1. The van der Waals surface area contributed by atoms with Crippen molar-refractivity contribution in [2.24, 2.45) is 5.92 Å². The summed E-state index contributed by atoms with van der Waals surface area (Å²) in [5.41, 5.74) is 2.17. The van der Waals surface area contributed by atoms with E-state index in [-0.39, 0.29) is 18.5 Å². The SMILES string of the molecule is CCCCN1C(=O)C(=O)N(CC(=O)NC(c2ccc(C(C)C)cc2)C(C)C)C1=O. The number of rotatable bonds is 9. The number of hydrogen-bond acceptors (Lipinski definition) is 4. The van der Waals surface area contributed by atoms with Crippen molar-refractivity contribution in [3.8, 4) is 0 Å². The van der Waals surface area contributed by atoms with Gasteiger partial charge in [0.2, 0.25) is 5.91 Å². The molecule has 0 aliphatic carbocycles. The fourth-order valence-corrected chi connectivity index (χ4v) is 3.29. The van der Waals surface area contributed by atoms with Gasteiger partial charge in [0.05, 0.1) is 6.04 Å². The first kappa shape index (κ1) is 22.6. The molecule has 0 saturated carbocycles. The topological polar surface area (TPSA) is 86.8 Å². The van der Waals surface area contributed by atoms with Crippen LogP contribution in [0.15, 0.2) is 24.3 Å². The van der Waals surface area contributed by atoms with Crippen LogP contribution in [0.4, 0.5) is 4.79 Å². The van der Waals surface area contributed by atoms with Crippen LogP contribution < -0.4 is 5.32 Å². The molecule has 7 heteroatoms. The molecule has 1 atom stereocenters. The number of imide groups is 2. The fraction of sp³-hybridized carbons (Fsp3) is 0.545. The zero-order valence-electron chi connectivity index (χ0n) is 17.9. The Balaban J connectivity index is 2.08. The average molecular weight is 402 g/mol. The molecule has 29 heavy (non-hydrogen) atoms. The van der Waals surface area contributed by atoms with Crippen molar-refractivity contribution in [3.63, 3.8) is 0 Å². The smallest absolute Gasteiger partial charge is 0.334 e. The molecule has 1 heterocycles. The zero-order valence-corrected chi connectivity index (χ0v) is 17.9. The highest BCUT2D eigenvalue weighted by Crippen LogP contribution is 2.24. The van der Waals surface area contributed by atoms with Gasteiger partial charge in [0.15, 0.2) is 0 Å². The van der Waals surface area contributed by atoms with Gasteiger partial charge in [-0.15, -0.1) is 0 Å². The summed E-state index contributed by atoms with van der Waals surface area (Å²) in [5, 5.41) is 2.91. The van der Waals surface area contributed by atoms with Crippen LogP contribution in [0.5, 0.6) is 0 Å². The molecule has 1 aromatic carbocycles. The molecule has 1 N–H and O–H groups in total. The minimum atomic E-state index is -0.941. The van der Waals surface area contributed by atoms with E-state index in [1.165, 1.54) is 5.56 Å². The predicted molar refractivity (Wildman–Crippen MR) is 110 cm³/mol. The number of benzene rings is 1. The molecule has 1 saturated heterocycles. The van der Waals surface area contributed by atoms with Crippen molar-refractivity contribution < 1.29 is 19.2 Å². The third kappa shape index (κ3) is 5.22. The highest BCUT2D eigenvalue weighted by molar-refractivity contribution is 6.45. The van der Waals surface area contributed by atoms with E-state index < -0.39 is 30.3 Å². The Morgan fingerprint density at radius 3 is 2.00 bits per heavy atom. The van der Waals surface area contributed by atoms with E-state index in [2.05, 4.69) is 19.2 Å². The molecule has 1 aliphatic rings. The van der Waals surface area contributed by atoms with Gasteiger partial charge in [-0.2, -0.15) is 0 Å². The second-order valence-corrected chi connectivity index (χ2v) is 8.09. The summed E-state index contributed by atoms with van der Waals surface area (Å²) in [6.07, 6.45) is 1.41. The first-order valence-corrected chi connectivity index (χ1v) is 10.2. The Labute approximate surface area is 172 Å². The van der Waals surface area contributed by atoms with Crippen LogP contribution in [0, 0.1) is 5.92 Å². The van der Waals surface area contributed by atoms with Crippen LogP contribution in [0.2, 0.25) is 0 Å². The van der Waals surface area contributed by atoms with E-state index >= 15 is 0 Å². The Hall–Kier alpha value is -2.70. The Morgan fingerprint density at radius 1 is 0.931 bits per heavy atom. The minimum absolute atomic E-state index is 0.108. The number of amides is 5. The number of carbonyl (C=O) groups is 4. The van der Waals surface area contributed by atoms with Gasteiger partial charge >= 0.3 is 17.8 Å². The summed E-state index contributed by atoms with van der Waals surface area (Å²) < 4.78 is 0. The van der Waals surface area contributed by atoms with Gasteiger partial charge in [0.1, 0.15) is 6.54 Å². The van der Waals surface area contributed by atoms with Crippen LogP contribution >= 0.6 is 0 Å². The van der Waals surface area contributed by atoms with Crippen molar-refractivity contribution in [3.05, 3.63) is 35.4 Å². The largest absolute Gasteiger partial charge is 0.347 e. The predicted octanol–water partition coefficient (Wildman–Crippen LogP) is 3.21. The molecule has 1 aromatic rings. The van der Waals surface area contributed by atoms with E-state index in [1.807, 2.05) is 45.0 Å². The van der Waals surface area contributed by atoms with Crippen molar-refractivity contribution >= 4 is 23.8 Å². The number of unbranched alkanes of at least 4 members (excludes halogenated alkanes) is 1. The molecule has 1 aliphatic heterocycles. The summed E-state index contributed by atoms with van der Waals surface area (Å²) in [5.74, 6) is -1.75. The van der Waals surface area contributed by atoms with Gasteiger partial charge in [-0.3, -0.25) is 19.3 Å². The van der Waals surface area contributed by atoms with Crippen LogP contribution in [0.3, 0.4) is 0 Å². The minimum Gasteiger partial charge on any atom is -0.347 e. The summed E-state index contributed by atoms with van der Waals surface area (Å²) in [6.45, 7) is 9.87. The molecule has 0 bridgehead atoms. The van der Waals surface area contributed by atoms with Gasteiger partial charge in [-0.1, -0.05) is 65.3 Å². The molecule has 158 valence electrons. The van der Waals surface area contributed by atoms with Gasteiger partial charge < -0.3 is 5.32 Å². The monoisotopic (exact) mass is 401 g/mol. The number of hydrogen-bond donors (Lipinski definition) is 1. The normalized spacial score (nSPS) is 15.6. The van der Waals surface area contributed by atoms with Gasteiger partial charge in [-0.25, -0.2) is 9.69 Å². The lowest BCUT2D eigenvalue weighted by Crippen LogP contribution is -2.43. The highest BCUT2D eigenvalue weighted by Gasteiger charge is 2.44.